The third-order valence-electron chi connectivity index (χ3n) is 4.23. The summed E-state index contributed by atoms with van der Waals surface area (Å²) < 4.78 is 31.4. The molecule has 10 heteroatoms. The Bertz CT molecular complexity index is 1180. The van der Waals surface area contributed by atoms with Crippen molar-refractivity contribution >= 4 is 10.0 Å². The summed E-state index contributed by atoms with van der Waals surface area (Å²) in [5, 5.41) is 0. The van der Waals surface area contributed by atoms with Crippen LogP contribution >= 0.6 is 0 Å². The Balaban J connectivity index is 1.88. The molecule has 1 aromatic carbocycles. The molecule has 0 amide bonds. The topological polar surface area (TPSA) is 108 Å². The molecule has 1 atom stereocenters. The van der Waals surface area contributed by atoms with Crippen LogP contribution in [-0.4, -0.2) is 27.1 Å². The molecule has 27 heavy (non-hydrogen) atoms. The molecule has 0 aliphatic carbocycles. The molecule has 0 radical (unpaired) electrons. The predicted octanol–water partition coefficient (Wildman–Crippen LogP) is 0.309. The molecule has 3 aromatic rings. The average Bonchev–Trinajstić information content (AvgIpc) is 3.17. The molecule has 0 bridgehead atoms. The first-order valence-corrected chi connectivity index (χ1v) is 9.56. The Morgan fingerprint density at radius 2 is 1.78 bits per heavy atom. The Morgan fingerprint density at radius 3 is 2.37 bits per heavy atom. The fourth-order valence-electron chi connectivity index (χ4n) is 2.67. The molecule has 0 saturated heterocycles. The van der Waals surface area contributed by atoms with Gasteiger partial charge in [0.1, 0.15) is 0 Å². The maximum atomic E-state index is 12.7. The van der Waals surface area contributed by atoms with Gasteiger partial charge in [0, 0.05) is 44.4 Å². The normalized spacial score (nSPS) is 12.9. The van der Waals surface area contributed by atoms with Gasteiger partial charge in [-0.25, -0.2) is 22.9 Å². The Kier molecular flexibility index (Phi) is 4.85. The summed E-state index contributed by atoms with van der Waals surface area (Å²) in [6.45, 7) is 1.68. The lowest BCUT2D eigenvalue weighted by Crippen LogP contribution is -2.41. The van der Waals surface area contributed by atoms with Crippen molar-refractivity contribution in [2.45, 2.75) is 17.9 Å². The molecule has 1 N–H and O–H groups in total. The van der Waals surface area contributed by atoms with Gasteiger partial charge in [0.25, 0.3) is 5.56 Å². The van der Waals surface area contributed by atoms with E-state index in [1.807, 2.05) is 16.7 Å². The summed E-state index contributed by atoms with van der Waals surface area (Å²) in [7, 11) is -1.49. The molecule has 0 aliphatic heterocycles. The summed E-state index contributed by atoms with van der Waals surface area (Å²) in [5.74, 6) is 0. The van der Waals surface area contributed by atoms with Crippen molar-refractivity contribution in [2.24, 2.45) is 14.1 Å². The largest absolute Gasteiger partial charge is 0.330 e. The van der Waals surface area contributed by atoms with Crippen LogP contribution in [0.5, 0.6) is 0 Å². The second-order valence-electron chi connectivity index (χ2n) is 6.16. The summed E-state index contributed by atoms with van der Waals surface area (Å²) in [6.07, 6.45) is 6.16. The number of imidazole rings is 1. The average molecular weight is 389 g/mol. The standard InChI is InChI=1S/C17H19N5O4S/c1-12(13-4-6-14(7-5-13)22-9-8-18-11-22)19-27(25,26)15-10-20(2)17(24)21(3)16(15)23/h4-12,19H,1-3H3/t12-/m0/s1. The lowest BCUT2D eigenvalue weighted by Gasteiger charge is -2.16. The van der Waals surface area contributed by atoms with E-state index in [2.05, 4.69) is 9.71 Å². The molecule has 0 unspecified atom stereocenters. The van der Waals surface area contributed by atoms with Gasteiger partial charge < -0.3 is 9.13 Å². The quantitative estimate of drug-likeness (QED) is 0.676. The van der Waals surface area contributed by atoms with Gasteiger partial charge in [0.2, 0.25) is 10.0 Å². The monoisotopic (exact) mass is 389 g/mol. The van der Waals surface area contributed by atoms with E-state index in [0.29, 0.717) is 0 Å². The summed E-state index contributed by atoms with van der Waals surface area (Å²) >= 11 is 0. The lowest BCUT2D eigenvalue weighted by atomic mass is 10.1. The van der Waals surface area contributed by atoms with Crippen molar-refractivity contribution in [1.82, 2.24) is 23.4 Å². The Labute approximate surface area is 155 Å². The van der Waals surface area contributed by atoms with Gasteiger partial charge in [-0.05, 0) is 24.6 Å². The number of aromatic nitrogens is 4. The van der Waals surface area contributed by atoms with Gasteiger partial charge in [-0.2, -0.15) is 0 Å². The van der Waals surface area contributed by atoms with Crippen molar-refractivity contribution < 1.29 is 8.42 Å². The highest BCUT2D eigenvalue weighted by Crippen LogP contribution is 2.17. The van der Waals surface area contributed by atoms with Gasteiger partial charge in [-0.1, -0.05) is 12.1 Å². The smallest absolute Gasteiger partial charge is 0.306 e. The van der Waals surface area contributed by atoms with Crippen LogP contribution in [0.15, 0.2) is 63.7 Å². The first-order chi connectivity index (χ1) is 12.7. The number of aryl methyl sites for hydroxylation is 1. The minimum atomic E-state index is -4.11. The molecule has 0 aliphatic rings. The zero-order chi connectivity index (χ0) is 19.8. The summed E-state index contributed by atoms with van der Waals surface area (Å²) in [6, 6.07) is 6.69. The van der Waals surface area contributed by atoms with E-state index in [-0.39, 0.29) is 0 Å². The SMILES string of the molecule is C[C@H](NS(=O)(=O)c1cn(C)c(=O)n(C)c1=O)c1ccc(-n2ccnc2)cc1. The highest BCUT2D eigenvalue weighted by Gasteiger charge is 2.24. The molecule has 3 rings (SSSR count). The van der Waals surface area contributed by atoms with Gasteiger partial charge in [-0.3, -0.25) is 9.36 Å². The van der Waals surface area contributed by atoms with Gasteiger partial charge in [0.15, 0.2) is 4.90 Å². The fourth-order valence-corrected chi connectivity index (χ4v) is 4.06. The summed E-state index contributed by atoms with van der Waals surface area (Å²) in [4.78, 5) is 27.5. The molecule has 0 spiro atoms. The van der Waals surface area contributed by atoms with E-state index in [0.717, 1.165) is 26.6 Å². The van der Waals surface area contributed by atoms with E-state index in [1.54, 1.807) is 37.8 Å². The van der Waals surface area contributed by atoms with Gasteiger partial charge in [-0.15, -0.1) is 0 Å². The minimum Gasteiger partial charge on any atom is -0.306 e. The summed E-state index contributed by atoms with van der Waals surface area (Å²) in [5.41, 5.74) is 0.151. The van der Waals surface area contributed by atoms with Crippen LogP contribution in [0.2, 0.25) is 0 Å². The maximum Gasteiger partial charge on any atom is 0.330 e. The van der Waals surface area contributed by atoms with Crippen molar-refractivity contribution in [3.05, 3.63) is 75.6 Å². The number of benzene rings is 1. The molecular weight excluding hydrogens is 370 g/mol. The van der Waals surface area contributed by atoms with Crippen molar-refractivity contribution in [2.75, 3.05) is 0 Å². The van der Waals surface area contributed by atoms with E-state index >= 15 is 0 Å². The van der Waals surface area contributed by atoms with Gasteiger partial charge >= 0.3 is 5.69 Å². The first kappa shape index (κ1) is 18.8. The minimum absolute atomic E-state index is 0.478. The lowest BCUT2D eigenvalue weighted by molar-refractivity contribution is 0.557. The fraction of sp³-hybridized carbons (Fsp3) is 0.235. The van der Waals surface area contributed by atoms with Crippen LogP contribution in [0.3, 0.4) is 0 Å². The van der Waals surface area contributed by atoms with E-state index in [4.69, 9.17) is 0 Å². The van der Waals surface area contributed by atoms with Crippen LogP contribution in [0, 0.1) is 0 Å². The highest BCUT2D eigenvalue weighted by atomic mass is 32.2. The molecule has 0 fully saturated rings. The highest BCUT2D eigenvalue weighted by molar-refractivity contribution is 7.89. The maximum absolute atomic E-state index is 12.7. The van der Waals surface area contributed by atoms with E-state index in [9.17, 15) is 18.0 Å². The number of hydrogen-bond donors (Lipinski definition) is 1. The zero-order valence-electron chi connectivity index (χ0n) is 15.0. The van der Waals surface area contributed by atoms with Crippen LogP contribution in [-0.2, 0) is 24.1 Å². The number of nitrogens with zero attached hydrogens (tertiary/aromatic N) is 4. The molecule has 2 heterocycles. The van der Waals surface area contributed by atoms with Crippen LogP contribution < -0.4 is 16.0 Å². The van der Waals surface area contributed by atoms with E-state index < -0.39 is 32.2 Å². The number of nitrogens with one attached hydrogen (secondary N) is 1. The zero-order valence-corrected chi connectivity index (χ0v) is 15.8. The van der Waals surface area contributed by atoms with Gasteiger partial charge in [0.05, 0.1) is 6.33 Å². The molecule has 0 saturated carbocycles. The molecule has 2 aromatic heterocycles. The molecule has 142 valence electrons. The van der Waals surface area contributed by atoms with Crippen molar-refractivity contribution in [3.8, 4) is 5.69 Å². The predicted molar refractivity (Wildman–Crippen MR) is 99.2 cm³/mol. The second kappa shape index (κ2) is 6.97. The van der Waals surface area contributed by atoms with E-state index in [1.165, 1.54) is 14.1 Å². The Hall–Kier alpha value is -2.98. The number of rotatable bonds is 5. The second-order valence-corrected chi connectivity index (χ2v) is 7.84. The third kappa shape index (κ3) is 3.62. The van der Waals surface area contributed by atoms with Crippen LogP contribution in [0.25, 0.3) is 5.69 Å². The van der Waals surface area contributed by atoms with Crippen LogP contribution in [0.4, 0.5) is 0 Å². The number of sulfonamides is 1. The van der Waals surface area contributed by atoms with Crippen molar-refractivity contribution in [1.29, 1.82) is 0 Å². The van der Waals surface area contributed by atoms with Crippen molar-refractivity contribution in [3.63, 3.8) is 0 Å². The van der Waals surface area contributed by atoms with Crippen LogP contribution in [0.1, 0.15) is 18.5 Å². The third-order valence-corrected chi connectivity index (χ3v) is 5.75. The molecular formula is C17H19N5O4S. The Morgan fingerprint density at radius 1 is 1.11 bits per heavy atom. The molecule has 9 nitrogen and oxygen atoms in total. The number of hydrogen-bond acceptors (Lipinski definition) is 5. The first-order valence-electron chi connectivity index (χ1n) is 8.08.